The van der Waals surface area contributed by atoms with Crippen LogP contribution in [0, 0.1) is 0 Å². The molecule has 8 nitrogen and oxygen atoms in total. The van der Waals surface area contributed by atoms with Gasteiger partial charge in [0.05, 0.1) is 4.90 Å². The van der Waals surface area contributed by atoms with Crippen LogP contribution in [0.15, 0.2) is 53.4 Å². The first-order chi connectivity index (χ1) is 11.8. The Balaban J connectivity index is 2.07. The second-order valence-electron chi connectivity index (χ2n) is 5.02. The van der Waals surface area contributed by atoms with E-state index in [1.807, 2.05) is 0 Å². The zero-order chi connectivity index (χ0) is 18.4. The molecule has 0 bridgehead atoms. The van der Waals surface area contributed by atoms with Crippen molar-refractivity contribution >= 4 is 33.3 Å². The minimum absolute atomic E-state index is 0.0350. The summed E-state index contributed by atoms with van der Waals surface area (Å²) in [5.74, 6) is -1.04. The number of carboxylic acids is 1. The molecule has 132 valence electrons. The molecule has 0 unspecified atom stereocenters. The van der Waals surface area contributed by atoms with Crippen LogP contribution in [0.1, 0.15) is 6.92 Å². The summed E-state index contributed by atoms with van der Waals surface area (Å²) in [7, 11) is -3.79. The number of hydrogen-bond donors (Lipinski definition) is 3. The van der Waals surface area contributed by atoms with E-state index in [4.69, 9.17) is 9.84 Å². The van der Waals surface area contributed by atoms with Crippen LogP contribution < -0.4 is 14.8 Å². The molecule has 0 saturated heterocycles. The number of ether oxygens (including phenoxy) is 1. The second-order valence-corrected chi connectivity index (χ2v) is 6.70. The van der Waals surface area contributed by atoms with E-state index in [0.29, 0.717) is 17.1 Å². The van der Waals surface area contributed by atoms with Gasteiger partial charge in [0.15, 0.2) is 6.61 Å². The molecular formula is C16H16N2O6S. The number of benzene rings is 2. The van der Waals surface area contributed by atoms with E-state index in [0.717, 1.165) is 0 Å². The summed E-state index contributed by atoms with van der Waals surface area (Å²) in [6.45, 7) is 0.877. The number of carboxylic acid groups (broad SMARTS) is 1. The Morgan fingerprint density at radius 2 is 1.56 bits per heavy atom. The molecule has 0 aromatic heterocycles. The lowest BCUT2D eigenvalue weighted by atomic mass is 10.3. The average molecular weight is 364 g/mol. The van der Waals surface area contributed by atoms with Crippen molar-refractivity contribution in [1.29, 1.82) is 0 Å². The molecule has 0 fully saturated rings. The SMILES string of the molecule is CC(=O)Nc1ccc(S(=O)(=O)Nc2ccc(OCC(=O)O)cc2)cc1. The third-order valence-electron chi connectivity index (χ3n) is 2.95. The molecule has 0 aliphatic rings. The first-order valence-corrected chi connectivity index (χ1v) is 8.60. The molecule has 0 aliphatic carbocycles. The minimum Gasteiger partial charge on any atom is -0.482 e. The quantitative estimate of drug-likeness (QED) is 0.690. The molecule has 0 radical (unpaired) electrons. The average Bonchev–Trinajstić information content (AvgIpc) is 2.54. The third-order valence-corrected chi connectivity index (χ3v) is 4.35. The zero-order valence-electron chi connectivity index (χ0n) is 13.2. The Labute approximate surface area is 144 Å². The Bertz CT molecular complexity index is 861. The van der Waals surface area contributed by atoms with E-state index in [-0.39, 0.29) is 10.8 Å². The van der Waals surface area contributed by atoms with Gasteiger partial charge >= 0.3 is 5.97 Å². The summed E-state index contributed by atoms with van der Waals surface area (Å²) < 4.78 is 32.0. The first kappa shape index (κ1) is 18.3. The molecule has 0 spiro atoms. The predicted octanol–water partition coefficient (Wildman–Crippen LogP) is 1.91. The van der Waals surface area contributed by atoms with Crippen molar-refractivity contribution in [3.63, 3.8) is 0 Å². The molecule has 2 aromatic carbocycles. The summed E-state index contributed by atoms with van der Waals surface area (Å²) in [6.07, 6.45) is 0. The van der Waals surface area contributed by atoms with E-state index in [2.05, 4.69) is 10.0 Å². The molecule has 3 N–H and O–H groups in total. The van der Waals surface area contributed by atoms with Crippen molar-refractivity contribution in [2.45, 2.75) is 11.8 Å². The maximum Gasteiger partial charge on any atom is 0.341 e. The Morgan fingerprint density at radius 1 is 1.00 bits per heavy atom. The summed E-state index contributed by atoms with van der Waals surface area (Å²) in [5.41, 5.74) is 0.792. The van der Waals surface area contributed by atoms with Crippen LogP contribution in [0.25, 0.3) is 0 Å². The Hall–Kier alpha value is -3.07. The van der Waals surface area contributed by atoms with Gasteiger partial charge in [-0.25, -0.2) is 13.2 Å². The summed E-state index contributed by atoms with van der Waals surface area (Å²) in [5, 5.41) is 11.1. The van der Waals surface area contributed by atoms with E-state index < -0.39 is 22.6 Å². The molecule has 0 aliphatic heterocycles. The smallest absolute Gasteiger partial charge is 0.341 e. The lowest BCUT2D eigenvalue weighted by Crippen LogP contribution is -2.13. The van der Waals surface area contributed by atoms with Crippen LogP contribution >= 0.6 is 0 Å². The summed E-state index contributed by atoms with van der Waals surface area (Å²) in [4.78, 5) is 21.4. The lowest BCUT2D eigenvalue weighted by Gasteiger charge is -2.10. The number of amides is 1. The molecule has 0 heterocycles. The largest absolute Gasteiger partial charge is 0.482 e. The predicted molar refractivity (Wildman–Crippen MR) is 91.1 cm³/mol. The Morgan fingerprint density at radius 3 is 2.08 bits per heavy atom. The highest BCUT2D eigenvalue weighted by atomic mass is 32.2. The van der Waals surface area contributed by atoms with Gasteiger partial charge in [-0.05, 0) is 48.5 Å². The van der Waals surface area contributed by atoms with E-state index in [9.17, 15) is 18.0 Å². The lowest BCUT2D eigenvalue weighted by molar-refractivity contribution is -0.139. The molecule has 25 heavy (non-hydrogen) atoms. The minimum atomic E-state index is -3.79. The van der Waals surface area contributed by atoms with Gasteiger partial charge in [-0.3, -0.25) is 9.52 Å². The normalized spacial score (nSPS) is 10.8. The number of nitrogens with one attached hydrogen (secondary N) is 2. The fourth-order valence-corrected chi connectivity index (χ4v) is 2.96. The summed E-state index contributed by atoms with van der Waals surface area (Å²) >= 11 is 0. The fraction of sp³-hybridized carbons (Fsp3) is 0.125. The molecular weight excluding hydrogens is 348 g/mol. The molecule has 2 rings (SSSR count). The van der Waals surface area contributed by atoms with E-state index in [1.54, 1.807) is 0 Å². The summed E-state index contributed by atoms with van der Waals surface area (Å²) in [6, 6.07) is 11.6. The number of aliphatic carboxylic acids is 1. The van der Waals surface area contributed by atoms with Gasteiger partial charge in [0.2, 0.25) is 5.91 Å². The van der Waals surface area contributed by atoms with Crippen LogP contribution in [0.3, 0.4) is 0 Å². The number of carbonyl (C=O) groups is 2. The third kappa shape index (κ3) is 5.50. The topological polar surface area (TPSA) is 122 Å². The molecule has 0 atom stereocenters. The van der Waals surface area contributed by atoms with Crippen molar-refractivity contribution < 1.29 is 27.9 Å². The number of carbonyl (C=O) groups excluding carboxylic acids is 1. The fourth-order valence-electron chi connectivity index (χ4n) is 1.90. The number of anilines is 2. The molecule has 1 amide bonds. The maximum atomic E-state index is 12.3. The second kappa shape index (κ2) is 7.67. The Kier molecular flexibility index (Phi) is 5.60. The number of sulfonamides is 1. The van der Waals surface area contributed by atoms with Crippen molar-refractivity contribution in [2.24, 2.45) is 0 Å². The van der Waals surface area contributed by atoms with Crippen molar-refractivity contribution in [3.8, 4) is 5.75 Å². The van der Waals surface area contributed by atoms with Gasteiger partial charge in [-0.1, -0.05) is 0 Å². The van der Waals surface area contributed by atoms with Gasteiger partial charge in [0.1, 0.15) is 5.75 Å². The van der Waals surface area contributed by atoms with Gasteiger partial charge in [0, 0.05) is 18.3 Å². The van der Waals surface area contributed by atoms with Gasteiger partial charge < -0.3 is 15.2 Å². The van der Waals surface area contributed by atoms with Crippen LogP contribution in [-0.4, -0.2) is 32.0 Å². The molecule has 9 heteroatoms. The first-order valence-electron chi connectivity index (χ1n) is 7.11. The molecule has 2 aromatic rings. The van der Waals surface area contributed by atoms with Crippen LogP contribution in [0.4, 0.5) is 11.4 Å². The van der Waals surface area contributed by atoms with E-state index in [1.165, 1.54) is 55.5 Å². The zero-order valence-corrected chi connectivity index (χ0v) is 14.0. The van der Waals surface area contributed by atoms with Gasteiger partial charge in [-0.15, -0.1) is 0 Å². The highest BCUT2D eigenvalue weighted by Crippen LogP contribution is 2.20. The van der Waals surface area contributed by atoms with Gasteiger partial charge in [0.25, 0.3) is 10.0 Å². The highest BCUT2D eigenvalue weighted by molar-refractivity contribution is 7.92. The van der Waals surface area contributed by atoms with Crippen molar-refractivity contribution in [2.75, 3.05) is 16.6 Å². The van der Waals surface area contributed by atoms with Crippen molar-refractivity contribution in [1.82, 2.24) is 0 Å². The van der Waals surface area contributed by atoms with Crippen LogP contribution in [-0.2, 0) is 19.6 Å². The maximum absolute atomic E-state index is 12.3. The van der Waals surface area contributed by atoms with Crippen LogP contribution in [0.2, 0.25) is 0 Å². The van der Waals surface area contributed by atoms with Gasteiger partial charge in [-0.2, -0.15) is 0 Å². The molecule has 0 saturated carbocycles. The standard InChI is InChI=1S/C16H16N2O6S/c1-11(19)17-12-4-8-15(9-5-12)25(22,23)18-13-2-6-14(7-3-13)24-10-16(20)21/h2-9,18H,10H2,1H3,(H,17,19)(H,20,21). The monoisotopic (exact) mass is 364 g/mol. The van der Waals surface area contributed by atoms with Crippen molar-refractivity contribution in [3.05, 3.63) is 48.5 Å². The van der Waals surface area contributed by atoms with E-state index >= 15 is 0 Å². The highest BCUT2D eigenvalue weighted by Gasteiger charge is 2.14. The number of hydrogen-bond acceptors (Lipinski definition) is 5. The van der Waals surface area contributed by atoms with Crippen LogP contribution in [0.5, 0.6) is 5.75 Å². The number of rotatable bonds is 7.